The molecule has 5 nitrogen and oxygen atoms in total. The summed E-state index contributed by atoms with van der Waals surface area (Å²) >= 11 is 0. The van der Waals surface area contributed by atoms with Gasteiger partial charge in [-0.2, -0.15) is 0 Å². The fourth-order valence-electron chi connectivity index (χ4n) is 1.18. The first-order valence-corrected chi connectivity index (χ1v) is 4.08. The third-order valence-corrected chi connectivity index (χ3v) is 1.82. The lowest BCUT2D eigenvalue weighted by molar-refractivity contribution is -0.491. The van der Waals surface area contributed by atoms with Gasteiger partial charge in [0.2, 0.25) is 6.54 Å². The molecule has 0 aliphatic carbocycles. The summed E-state index contributed by atoms with van der Waals surface area (Å²) in [5, 5.41) is 19.7. The Balaban J connectivity index is 2.87. The zero-order chi connectivity index (χ0) is 10.6. The predicted octanol–water partition coefficient (Wildman–Crippen LogP) is 1.01. The number of para-hydroxylation sites is 1. The second-order valence-corrected chi connectivity index (χ2v) is 2.77. The fraction of sp³-hybridized carbons (Fsp3) is 0.333. The number of hydrogen-bond acceptors (Lipinski definition) is 4. The number of aliphatic hydroxyl groups is 1. The number of nitro groups is 1. The fourth-order valence-corrected chi connectivity index (χ4v) is 1.18. The zero-order valence-corrected chi connectivity index (χ0v) is 7.71. The maximum Gasteiger partial charge on any atom is 0.233 e. The molecule has 0 heterocycles. The molecule has 0 bridgehead atoms. The maximum atomic E-state index is 10.2. The van der Waals surface area contributed by atoms with E-state index in [-0.39, 0.29) is 0 Å². The Labute approximate surface area is 81.1 Å². The van der Waals surface area contributed by atoms with Crippen LogP contribution in [0.2, 0.25) is 0 Å². The summed E-state index contributed by atoms with van der Waals surface area (Å²) in [4.78, 5) is 9.63. The van der Waals surface area contributed by atoms with Crippen molar-refractivity contribution >= 4 is 0 Å². The summed E-state index contributed by atoms with van der Waals surface area (Å²) in [5.74, 6) is 0.460. The van der Waals surface area contributed by atoms with Crippen LogP contribution in [0.5, 0.6) is 5.75 Å². The molecule has 0 radical (unpaired) electrons. The van der Waals surface area contributed by atoms with Crippen LogP contribution in [0.1, 0.15) is 11.7 Å². The van der Waals surface area contributed by atoms with Crippen molar-refractivity contribution in [3.63, 3.8) is 0 Å². The highest BCUT2D eigenvalue weighted by atomic mass is 16.6. The van der Waals surface area contributed by atoms with Gasteiger partial charge in [0.15, 0.2) is 0 Å². The first kappa shape index (κ1) is 10.5. The molecule has 1 N–H and O–H groups in total. The zero-order valence-electron chi connectivity index (χ0n) is 7.71. The molecule has 0 aromatic heterocycles. The van der Waals surface area contributed by atoms with Gasteiger partial charge in [0.25, 0.3) is 0 Å². The van der Waals surface area contributed by atoms with Crippen LogP contribution in [0.15, 0.2) is 24.3 Å². The summed E-state index contributed by atoms with van der Waals surface area (Å²) in [6.07, 6.45) is -1.12. The summed E-state index contributed by atoms with van der Waals surface area (Å²) in [6.45, 7) is -0.514. The van der Waals surface area contributed by atoms with Crippen molar-refractivity contribution in [3.05, 3.63) is 39.9 Å². The van der Waals surface area contributed by atoms with Crippen molar-refractivity contribution in [1.29, 1.82) is 0 Å². The summed E-state index contributed by atoms with van der Waals surface area (Å²) in [6, 6.07) is 6.69. The van der Waals surface area contributed by atoms with Gasteiger partial charge >= 0.3 is 0 Å². The molecule has 5 heteroatoms. The Morgan fingerprint density at radius 1 is 1.57 bits per heavy atom. The Kier molecular flexibility index (Phi) is 3.41. The first-order chi connectivity index (χ1) is 6.65. The number of benzene rings is 1. The second-order valence-electron chi connectivity index (χ2n) is 2.77. The van der Waals surface area contributed by atoms with E-state index in [0.29, 0.717) is 11.3 Å². The van der Waals surface area contributed by atoms with Crippen LogP contribution in [0.4, 0.5) is 0 Å². The number of ether oxygens (including phenoxy) is 1. The topological polar surface area (TPSA) is 72.6 Å². The molecular formula is C9H11NO4. The molecule has 1 atom stereocenters. The monoisotopic (exact) mass is 197 g/mol. The summed E-state index contributed by atoms with van der Waals surface area (Å²) in [7, 11) is 1.46. The number of nitrogens with zero attached hydrogens (tertiary/aromatic N) is 1. The minimum atomic E-state index is -1.12. The van der Waals surface area contributed by atoms with Gasteiger partial charge in [-0.3, -0.25) is 10.1 Å². The minimum absolute atomic E-state index is 0.437. The number of methoxy groups -OCH3 is 1. The molecule has 1 aromatic rings. The van der Waals surface area contributed by atoms with Crippen LogP contribution in [0, 0.1) is 10.1 Å². The smallest absolute Gasteiger partial charge is 0.233 e. The molecule has 0 aliphatic heterocycles. The van der Waals surface area contributed by atoms with Crippen LogP contribution < -0.4 is 4.74 Å². The van der Waals surface area contributed by atoms with E-state index in [1.54, 1.807) is 24.3 Å². The van der Waals surface area contributed by atoms with Gasteiger partial charge in [-0.1, -0.05) is 18.2 Å². The van der Waals surface area contributed by atoms with E-state index in [4.69, 9.17) is 4.74 Å². The van der Waals surface area contributed by atoms with Crippen LogP contribution >= 0.6 is 0 Å². The van der Waals surface area contributed by atoms with Crippen LogP contribution in [-0.2, 0) is 0 Å². The van der Waals surface area contributed by atoms with Crippen molar-refractivity contribution in [2.75, 3.05) is 13.7 Å². The normalized spacial score (nSPS) is 12.1. The number of rotatable bonds is 4. The average molecular weight is 197 g/mol. The van der Waals surface area contributed by atoms with Crippen molar-refractivity contribution in [1.82, 2.24) is 0 Å². The first-order valence-electron chi connectivity index (χ1n) is 4.08. The average Bonchev–Trinajstić information content (AvgIpc) is 2.16. The van der Waals surface area contributed by atoms with E-state index in [1.165, 1.54) is 7.11 Å². The maximum absolute atomic E-state index is 10.2. The van der Waals surface area contributed by atoms with Crippen LogP contribution in [0.25, 0.3) is 0 Å². The van der Waals surface area contributed by atoms with E-state index in [1.807, 2.05) is 0 Å². The van der Waals surface area contributed by atoms with Crippen molar-refractivity contribution in [2.45, 2.75) is 6.10 Å². The second kappa shape index (κ2) is 4.57. The van der Waals surface area contributed by atoms with Crippen molar-refractivity contribution in [3.8, 4) is 5.75 Å². The van der Waals surface area contributed by atoms with Crippen molar-refractivity contribution < 1.29 is 14.8 Å². The Morgan fingerprint density at radius 2 is 2.21 bits per heavy atom. The summed E-state index contributed by atoms with van der Waals surface area (Å²) < 4.78 is 4.97. The Bertz CT molecular complexity index is 326. The molecule has 0 spiro atoms. The Morgan fingerprint density at radius 3 is 2.79 bits per heavy atom. The molecule has 0 amide bonds. The summed E-state index contributed by atoms with van der Waals surface area (Å²) in [5.41, 5.74) is 0.437. The van der Waals surface area contributed by atoms with E-state index in [9.17, 15) is 15.2 Å². The predicted molar refractivity (Wildman–Crippen MR) is 49.8 cm³/mol. The van der Waals surface area contributed by atoms with Gasteiger partial charge in [-0.05, 0) is 6.07 Å². The van der Waals surface area contributed by atoms with Gasteiger partial charge < -0.3 is 9.84 Å². The number of hydrogen-bond donors (Lipinski definition) is 1. The molecule has 1 unspecified atom stereocenters. The lowest BCUT2D eigenvalue weighted by Gasteiger charge is -2.10. The molecule has 76 valence electrons. The molecule has 0 aliphatic rings. The molecule has 0 fully saturated rings. The standard InChI is InChI=1S/C9H11NO4/c1-14-9-5-3-2-4-7(9)8(11)6-10(12)13/h2-5,8,11H,6H2,1H3. The van der Waals surface area contributed by atoms with Gasteiger partial charge in [0.05, 0.1) is 7.11 Å². The molecular weight excluding hydrogens is 186 g/mol. The van der Waals surface area contributed by atoms with E-state index < -0.39 is 17.6 Å². The van der Waals surface area contributed by atoms with Crippen LogP contribution in [0.3, 0.4) is 0 Å². The van der Waals surface area contributed by atoms with E-state index in [0.717, 1.165) is 0 Å². The van der Waals surface area contributed by atoms with E-state index in [2.05, 4.69) is 0 Å². The largest absolute Gasteiger partial charge is 0.496 e. The molecule has 0 saturated carbocycles. The molecule has 1 aromatic carbocycles. The molecule has 1 rings (SSSR count). The van der Waals surface area contributed by atoms with Gasteiger partial charge in [-0.15, -0.1) is 0 Å². The third-order valence-electron chi connectivity index (χ3n) is 1.82. The van der Waals surface area contributed by atoms with Gasteiger partial charge in [0, 0.05) is 10.5 Å². The highest BCUT2D eigenvalue weighted by Gasteiger charge is 2.17. The quantitative estimate of drug-likeness (QED) is 0.577. The minimum Gasteiger partial charge on any atom is -0.496 e. The highest BCUT2D eigenvalue weighted by Crippen LogP contribution is 2.24. The lowest BCUT2D eigenvalue weighted by Crippen LogP contribution is -2.12. The SMILES string of the molecule is COc1ccccc1C(O)C[N+](=O)[O-]. The number of aliphatic hydroxyl groups excluding tert-OH is 1. The van der Waals surface area contributed by atoms with Gasteiger partial charge in [0.1, 0.15) is 11.9 Å². The Hall–Kier alpha value is -1.62. The molecule has 14 heavy (non-hydrogen) atoms. The lowest BCUT2D eigenvalue weighted by atomic mass is 10.1. The van der Waals surface area contributed by atoms with Crippen LogP contribution in [-0.4, -0.2) is 23.7 Å². The van der Waals surface area contributed by atoms with Crippen molar-refractivity contribution in [2.24, 2.45) is 0 Å². The van der Waals surface area contributed by atoms with E-state index >= 15 is 0 Å². The molecule has 0 saturated heterocycles. The third kappa shape index (κ3) is 2.43. The van der Waals surface area contributed by atoms with Gasteiger partial charge in [-0.25, -0.2) is 0 Å². The highest BCUT2D eigenvalue weighted by molar-refractivity contribution is 5.34.